The Morgan fingerprint density at radius 2 is 2.60 bits per heavy atom. The molecule has 0 heterocycles. The summed E-state index contributed by atoms with van der Waals surface area (Å²) in [4.78, 5) is 0. The van der Waals surface area contributed by atoms with E-state index in [9.17, 15) is 0 Å². The molecule has 0 aliphatic rings. The molecule has 0 radical (unpaired) electrons. The topological polar surface area (TPSA) is 35.2 Å². The smallest absolute Gasteiger partial charge is 0.0984 e. The molecule has 0 aromatic rings. The highest BCUT2D eigenvalue weighted by Gasteiger charge is 1.63. The van der Waals surface area contributed by atoms with Gasteiger partial charge in [-0.3, -0.25) is 0 Å². The van der Waals surface area contributed by atoms with Crippen LogP contribution in [0.3, 0.4) is 0 Å². The van der Waals surface area contributed by atoms with Gasteiger partial charge in [0, 0.05) is 8.50 Å². The molecule has 0 amide bonds. The molecule has 0 aromatic heterocycles. The van der Waals surface area contributed by atoms with Gasteiger partial charge in [0.05, 0.1) is 6.73 Å². The van der Waals surface area contributed by atoms with Crippen LogP contribution < -0.4 is 5.73 Å². The van der Waals surface area contributed by atoms with E-state index in [0.29, 0.717) is 15.2 Å². The molecule has 2 N–H and O–H groups in total. The molecular weight excluding hydrogens is 104 g/mol. The Morgan fingerprint density at radius 3 is 2.60 bits per heavy atom. The second-order valence-electron chi connectivity index (χ2n) is 0.429. The van der Waals surface area contributed by atoms with Crippen LogP contribution in [0.5, 0.6) is 0 Å². The van der Waals surface area contributed by atoms with Crippen molar-refractivity contribution in [1.82, 2.24) is 0 Å². The highest BCUT2D eigenvalue weighted by Crippen LogP contribution is 2.18. The summed E-state index contributed by atoms with van der Waals surface area (Å²) in [5.74, 6) is 0. The first-order chi connectivity index (χ1) is 2.41. The first-order valence-electron chi connectivity index (χ1n) is 1.19. The first-order valence-corrected chi connectivity index (χ1v) is 3.91. The number of hydrogen-bond acceptors (Lipinski definition) is 2. The fraction of sp³-hybridized carbons (Fsp3) is 1.00. The van der Waals surface area contributed by atoms with Crippen LogP contribution in [-0.4, -0.2) is 6.73 Å². The Kier molecular flexibility index (Phi) is 5.53. The van der Waals surface area contributed by atoms with Gasteiger partial charge in [0.25, 0.3) is 0 Å². The van der Waals surface area contributed by atoms with E-state index in [1.54, 1.807) is 0 Å². The Balaban J connectivity index is 2.19. The van der Waals surface area contributed by atoms with Crippen molar-refractivity contribution in [2.24, 2.45) is 5.73 Å². The summed E-state index contributed by atoms with van der Waals surface area (Å²) in [6.45, 7) is 0.335. The summed E-state index contributed by atoms with van der Waals surface area (Å²) in [6, 6.07) is 0. The minimum Gasteiger partial charge on any atom is -0.344 e. The fourth-order valence-electron chi connectivity index (χ4n) is 0.0481. The lowest BCUT2D eigenvalue weighted by molar-refractivity contribution is 0.384. The lowest BCUT2D eigenvalue weighted by Crippen LogP contribution is -1.95. The molecule has 0 aromatic carbocycles. The maximum Gasteiger partial charge on any atom is 0.0984 e. The van der Waals surface area contributed by atoms with Gasteiger partial charge in [-0.2, -0.15) is 0 Å². The minimum atomic E-state index is 0.335. The lowest BCUT2D eigenvalue weighted by Gasteiger charge is -1.86. The van der Waals surface area contributed by atoms with E-state index in [4.69, 9.17) is 5.73 Å². The van der Waals surface area contributed by atoms with Crippen LogP contribution in [0.25, 0.3) is 0 Å². The lowest BCUT2D eigenvalue weighted by atomic mass is 11.4. The predicted molar refractivity (Wildman–Crippen MR) is 28.2 cm³/mol. The largest absolute Gasteiger partial charge is 0.344 e. The summed E-state index contributed by atoms with van der Waals surface area (Å²) in [5.41, 5.74) is 4.91. The molecule has 0 spiro atoms. The van der Waals surface area contributed by atoms with Gasteiger partial charge in [0.1, 0.15) is 0 Å². The summed E-state index contributed by atoms with van der Waals surface area (Å²) < 4.78 is 4.60. The van der Waals surface area contributed by atoms with Crippen LogP contribution in [0.2, 0.25) is 0 Å². The van der Waals surface area contributed by atoms with E-state index in [-0.39, 0.29) is 0 Å². The highest BCUT2D eigenvalue weighted by molar-refractivity contribution is 8.00. The summed E-state index contributed by atoms with van der Waals surface area (Å²) >= 11 is 0. The van der Waals surface area contributed by atoms with Gasteiger partial charge in [-0.1, -0.05) is 8.93 Å². The second-order valence-corrected chi connectivity index (χ2v) is 1.66. The van der Waals surface area contributed by atoms with Gasteiger partial charge < -0.3 is 10.3 Å². The van der Waals surface area contributed by atoms with Crippen molar-refractivity contribution in [2.75, 3.05) is 6.73 Å². The Labute approximate surface area is 35.4 Å². The molecule has 0 aliphatic heterocycles. The van der Waals surface area contributed by atoms with E-state index in [2.05, 4.69) is 13.5 Å². The monoisotopic (exact) mass is 111 g/mol. The SMILES string of the molecule is NCOPP. The number of nitrogens with two attached hydrogens (primary N) is 1. The third-order valence-corrected chi connectivity index (χ3v) is 1.00. The van der Waals surface area contributed by atoms with Crippen molar-refractivity contribution in [3.8, 4) is 0 Å². The minimum absolute atomic E-state index is 0.335. The molecule has 2 atom stereocenters. The molecule has 4 heteroatoms. The third-order valence-electron chi connectivity index (χ3n) is 0.167. The predicted octanol–water partition coefficient (Wildman–Crippen LogP) is 0.303. The van der Waals surface area contributed by atoms with Crippen LogP contribution in [0, 0.1) is 0 Å². The second kappa shape index (κ2) is 4.78. The first kappa shape index (κ1) is 5.78. The average molecular weight is 111 g/mol. The van der Waals surface area contributed by atoms with Gasteiger partial charge in [-0.05, 0) is 0 Å². The van der Waals surface area contributed by atoms with Crippen molar-refractivity contribution in [2.45, 2.75) is 0 Å². The van der Waals surface area contributed by atoms with Crippen LogP contribution >= 0.6 is 17.4 Å². The van der Waals surface area contributed by atoms with Crippen LogP contribution in [0.15, 0.2) is 0 Å². The van der Waals surface area contributed by atoms with Crippen molar-refractivity contribution in [1.29, 1.82) is 0 Å². The van der Waals surface area contributed by atoms with Crippen molar-refractivity contribution < 1.29 is 4.52 Å². The molecule has 0 aliphatic carbocycles. The number of rotatable bonds is 2. The normalized spacial score (nSPS) is 10.8. The van der Waals surface area contributed by atoms with Crippen molar-refractivity contribution in [3.05, 3.63) is 0 Å². The van der Waals surface area contributed by atoms with Gasteiger partial charge in [-0.25, -0.2) is 0 Å². The maximum absolute atomic E-state index is 4.91. The van der Waals surface area contributed by atoms with Gasteiger partial charge in [0.15, 0.2) is 0 Å². The van der Waals surface area contributed by atoms with Crippen molar-refractivity contribution in [3.63, 3.8) is 0 Å². The molecule has 0 bridgehead atoms. The molecule has 5 heavy (non-hydrogen) atoms. The zero-order chi connectivity index (χ0) is 4.12. The Morgan fingerprint density at radius 1 is 2.00 bits per heavy atom. The molecule has 0 fully saturated rings. The van der Waals surface area contributed by atoms with Gasteiger partial charge in [-0.15, -0.1) is 0 Å². The fourth-order valence-corrected chi connectivity index (χ4v) is 0.433. The number of hydrogen-bond donors (Lipinski definition) is 1. The molecule has 0 saturated carbocycles. The molecule has 0 rings (SSSR count). The average Bonchev–Trinajstić information content (AvgIpc) is 1.41. The Bertz CT molecular complexity index is 17.1. The summed E-state index contributed by atoms with van der Waals surface area (Å²) in [5, 5.41) is 0. The van der Waals surface area contributed by atoms with Crippen LogP contribution in [-0.2, 0) is 4.52 Å². The maximum atomic E-state index is 4.91. The van der Waals surface area contributed by atoms with E-state index in [1.165, 1.54) is 0 Å². The Hall–Kier alpha value is 0.780. The van der Waals surface area contributed by atoms with Crippen LogP contribution in [0.1, 0.15) is 0 Å². The van der Waals surface area contributed by atoms with Gasteiger partial charge in [0.2, 0.25) is 0 Å². The quantitative estimate of drug-likeness (QED) is 0.411. The van der Waals surface area contributed by atoms with Crippen molar-refractivity contribution >= 4 is 17.4 Å². The molecule has 2 unspecified atom stereocenters. The van der Waals surface area contributed by atoms with E-state index >= 15 is 0 Å². The van der Waals surface area contributed by atoms with E-state index in [1.807, 2.05) is 0 Å². The molecule has 32 valence electrons. The molecule has 2 nitrogen and oxygen atoms in total. The molecular formula is CH7NOP2. The molecule has 0 saturated heterocycles. The van der Waals surface area contributed by atoms with E-state index < -0.39 is 0 Å². The van der Waals surface area contributed by atoms with Crippen LogP contribution in [0.4, 0.5) is 0 Å². The standard InChI is InChI=1S/CH7NOP2/c2-1-3-5-4/h5H,1-2,4H2. The third kappa shape index (κ3) is 4.78. The zero-order valence-corrected chi connectivity index (χ0v) is 4.92. The summed E-state index contributed by atoms with van der Waals surface area (Å²) in [7, 11) is 2.87. The zero-order valence-electron chi connectivity index (χ0n) is 2.77. The summed E-state index contributed by atoms with van der Waals surface area (Å²) in [6.07, 6.45) is 0. The van der Waals surface area contributed by atoms with Gasteiger partial charge >= 0.3 is 0 Å². The van der Waals surface area contributed by atoms with E-state index in [0.717, 1.165) is 0 Å². The highest BCUT2D eigenvalue weighted by atomic mass is 32.0.